The van der Waals surface area contributed by atoms with Crippen LogP contribution in [0.15, 0.2) is 82.0 Å². The summed E-state index contributed by atoms with van der Waals surface area (Å²) in [6.45, 7) is 0. The highest BCUT2D eigenvalue weighted by atomic mass is 32.1. The molecular weight excluding hydrogens is 354 g/mol. The number of nitriles is 1. The Bertz CT molecular complexity index is 1040. The van der Waals surface area contributed by atoms with Crippen molar-refractivity contribution in [1.29, 1.82) is 5.26 Å². The summed E-state index contributed by atoms with van der Waals surface area (Å²) in [5, 5.41) is 17.6. The maximum Gasteiger partial charge on any atom is 0.268 e. The Morgan fingerprint density at radius 3 is 2.22 bits per heavy atom. The standard InChI is InChI=1S/C22H15N3OS/c23-14-19(13-16-11-12-27-15-16)22-24-21(25-26-22)20(17-7-3-1-4-8-17)18-9-5-2-6-10-18/h1-13,15,20H/b19-13-. The average Bonchev–Trinajstić information content (AvgIpc) is 3.40. The summed E-state index contributed by atoms with van der Waals surface area (Å²) in [5.41, 5.74) is 3.43. The van der Waals surface area contributed by atoms with E-state index < -0.39 is 0 Å². The highest BCUT2D eigenvalue weighted by molar-refractivity contribution is 7.08. The zero-order valence-electron chi connectivity index (χ0n) is 14.3. The van der Waals surface area contributed by atoms with Crippen molar-refractivity contribution in [2.24, 2.45) is 0 Å². The lowest BCUT2D eigenvalue weighted by Gasteiger charge is -2.13. The minimum Gasteiger partial charge on any atom is -0.333 e. The number of nitrogens with zero attached hydrogens (tertiary/aromatic N) is 3. The Balaban J connectivity index is 1.76. The normalized spacial score (nSPS) is 11.5. The van der Waals surface area contributed by atoms with Gasteiger partial charge in [-0.1, -0.05) is 65.8 Å². The molecule has 2 aromatic carbocycles. The molecule has 0 aliphatic carbocycles. The molecule has 0 amide bonds. The van der Waals surface area contributed by atoms with Crippen LogP contribution in [-0.2, 0) is 0 Å². The quantitative estimate of drug-likeness (QED) is 0.443. The van der Waals surface area contributed by atoms with Crippen LogP contribution in [0.2, 0.25) is 0 Å². The molecule has 0 saturated carbocycles. The third-order valence-corrected chi connectivity index (χ3v) is 4.87. The monoisotopic (exact) mass is 369 g/mol. The second-order valence-corrected chi connectivity index (χ2v) is 6.72. The van der Waals surface area contributed by atoms with Crippen LogP contribution in [0.4, 0.5) is 0 Å². The molecular formula is C22H15N3OS. The zero-order valence-corrected chi connectivity index (χ0v) is 15.1. The molecule has 5 heteroatoms. The van der Waals surface area contributed by atoms with E-state index in [9.17, 15) is 5.26 Å². The summed E-state index contributed by atoms with van der Waals surface area (Å²) < 4.78 is 5.44. The van der Waals surface area contributed by atoms with Gasteiger partial charge in [0.2, 0.25) is 0 Å². The van der Waals surface area contributed by atoms with Crippen molar-refractivity contribution in [2.45, 2.75) is 5.92 Å². The van der Waals surface area contributed by atoms with Crippen LogP contribution in [0.1, 0.15) is 34.3 Å². The SMILES string of the molecule is N#C/C(=C/c1ccsc1)c1nc(C(c2ccccc2)c2ccccc2)no1. The molecule has 27 heavy (non-hydrogen) atoms. The van der Waals surface area contributed by atoms with Crippen LogP contribution in [0.3, 0.4) is 0 Å². The zero-order chi connectivity index (χ0) is 18.5. The molecule has 130 valence electrons. The van der Waals surface area contributed by atoms with Crippen molar-refractivity contribution in [2.75, 3.05) is 0 Å². The Labute approximate surface area is 161 Å². The van der Waals surface area contributed by atoms with Gasteiger partial charge in [-0.05, 0) is 39.6 Å². The van der Waals surface area contributed by atoms with Gasteiger partial charge < -0.3 is 4.52 Å². The van der Waals surface area contributed by atoms with E-state index in [1.165, 1.54) is 0 Å². The lowest BCUT2D eigenvalue weighted by Crippen LogP contribution is -2.05. The topological polar surface area (TPSA) is 62.7 Å². The van der Waals surface area contributed by atoms with Crippen molar-refractivity contribution in [3.05, 3.63) is 106 Å². The van der Waals surface area contributed by atoms with E-state index in [4.69, 9.17) is 4.52 Å². The largest absolute Gasteiger partial charge is 0.333 e. The summed E-state index contributed by atoms with van der Waals surface area (Å²) in [7, 11) is 0. The fraction of sp³-hybridized carbons (Fsp3) is 0.0455. The molecule has 0 radical (unpaired) electrons. The van der Waals surface area contributed by atoms with E-state index in [-0.39, 0.29) is 11.8 Å². The second-order valence-electron chi connectivity index (χ2n) is 5.94. The number of hydrogen-bond donors (Lipinski definition) is 0. The number of aromatic nitrogens is 2. The minimum atomic E-state index is -0.161. The number of thiophene rings is 1. The number of benzene rings is 2. The highest BCUT2D eigenvalue weighted by Gasteiger charge is 2.23. The minimum absolute atomic E-state index is 0.161. The number of rotatable bonds is 5. The first-order chi connectivity index (χ1) is 13.3. The van der Waals surface area contributed by atoms with Crippen LogP contribution in [-0.4, -0.2) is 10.1 Å². The Morgan fingerprint density at radius 2 is 1.67 bits per heavy atom. The van der Waals surface area contributed by atoms with E-state index in [0.717, 1.165) is 16.7 Å². The summed E-state index contributed by atoms with van der Waals surface area (Å²) in [6, 6.07) is 24.2. The average molecular weight is 369 g/mol. The molecule has 0 spiro atoms. The third kappa shape index (κ3) is 3.71. The highest BCUT2D eigenvalue weighted by Crippen LogP contribution is 2.30. The van der Waals surface area contributed by atoms with Gasteiger partial charge in [-0.25, -0.2) is 0 Å². The van der Waals surface area contributed by atoms with Gasteiger partial charge in [-0.3, -0.25) is 0 Å². The van der Waals surface area contributed by atoms with Gasteiger partial charge in [-0.2, -0.15) is 21.6 Å². The van der Waals surface area contributed by atoms with Crippen molar-refractivity contribution < 1.29 is 4.52 Å². The molecule has 0 fully saturated rings. The maximum atomic E-state index is 9.52. The Kier molecular flexibility index (Phi) is 4.91. The van der Waals surface area contributed by atoms with E-state index in [1.807, 2.05) is 77.5 Å². The van der Waals surface area contributed by atoms with Gasteiger partial charge in [0, 0.05) is 0 Å². The summed E-state index contributed by atoms with van der Waals surface area (Å²) in [6.07, 6.45) is 1.76. The molecule has 2 aromatic heterocycles. The smallest absolute Gasteiger partial charge is 0.268 e. The summed E-state index contributed by atoms with van der Waals surface area (Å²) >= 11 is 1.57. The maximum absolute atomic E-state index is 9.52. The molecule has 0 bridgehead atoms. The van der Waals surface area contributed by atoms with Gasteiger partial charge in [-0.15, -0.1) is 0 Å². The Morgan fingerprint density at radius 1 is 1.00 bits per heavy atom. The van der Waals surface area contributed by atoms with Gasteiger partial charge in [0.25, 0.3) is 5.89 Å². The lowest BCUT2D eigenvalue weighted by molar-refractivity contribution is 0.401. The molecule has 2 heterocycles. The first-order valence-electron chi connectivity index (χ1n) is 8.43. The molecule has 4 rings (SSSR count). The van der Waals surface area contributed by atoms with E-state index in [2.05, 4.69) is 16.2 Å². The van der Waals surface area contributed by atoms with Gasteiger partial charge >= 0.3 is 0 Å². The van der Waals surface area contributed by atoms with Crippen molar-refractivity contribution in [3.63, 3.8) is 0 Å². The first kappa shape index (κ1) is 17.0. The molecule has 0 atom stereocenters. The number of hydrogen-bond acceptors (Lipinski definition) is 5. The summed E-state index contributed by atoms with van der Waals surface area (Å²) in [5.74, 6) is 0.607. The fourth-order valence-electron chi connectivity index (χ4n) is 2.91. The van der Waals surface area contributed by atoms with Crippen LogP contribution < -0.4 is 0 Å². The molecule has 0 aliphatic heterocycles. The lowest BCUT2D eigenvalue weighted by atomic mass is 9.91. The van der Waals surface area contributed by atoms with Gasteiger partial charge in [0.15, 0.2) is 5.82 Å². The Hall–Kier alpha value is -3.49. The number of allylic oxidation sites excluding steroid dienone is 1. The molecule has 0 aliphatic rings. The van der Waals surface area contributed by atoms with Crippen LogP contribution in [0.5, 0.6) is 0 Å². The third-order valence-electron chi connectivity index (χ3n) is 4.17. The molecule has 0 unspecified atom stereocenters. The fourth-order valence-corrected chi connectivity index (χ4v) is 3.53. The van der Waals surface area contributed by atoms with Crippen molar-refractivity contribution in [1.82, 2.24) is 10.1 Å². The van der Waals surface area contributed by atoms with Gasteiger partial charge in [0.1, 0.15) is 11.6 Å². The van der Waals surface area contributed by atoms with Crippen LogP contribution >= 0.6 is 11.3 Å². The van der Waals surface area contributed by atoms with E-state index >= 15 is 0 Å². The second kappa shape index (κ2) is 7.81. The van der Waals surface area contributed by atoms with Crippen LogP contribution in [0, 0.1) is 11.3 Å². The van der Waals surface area contributed by atoms with E-state index in [1.54, 1.807) is 17.4 Å². The van der Waals surface area contributed by atoms with Crippen molar-refractivity contribution in [3.8, 4) is 6.07 Å². The van der Waals surface area contributed by atoms with Gasteiger partial charge in [0.05, 0.1) is 5.92 Å². The van der Waals surface area contributed by atoms with E-state index in [0.29, 0.717) is 11.4 Å². The predicted octanol–water partition coefficient (Wildman–Crippen LogP) is 5.38. The molecule has 4 aromatic rings. The van der Waals surface area contributed by atoms with Crippen molar-refractivity contribution >= 4 is 23.0 Å². The summed E-state index contributed by atoms with van der Waals surface area (Å²) in [4.78, 5) is 4.55. The molecule has 4 nitrogen and oxygen atoms in total. The molecule has 0 saturated heterocycles. The predicted molar refractivity (Wildman–Crippen MR) is 106 cm³/mol. The first-order valence-corrected chi connectivity index (χ1v) is 9.37. The molecule has 0 N–H and O–H groups in total. The van der Waals surface area contributed by atoms with Crippen LogP contribution in [0.25, 0.3) is 11.6 Å².